The Morgan fingerprint density at radius 1 is 1.35 bits per heavy atom. The number of para-hydroxylation sites is 1. The number of hydrogen-bond donors (Lipinski definition) is 0. The van der Waals surface area contributed by atoms with Crippen LogP contribution in [-0.4, -0.2) is 24.1 Å². The van der Waals surface area contributed by atoms with Crippen LogP contribution in [0.4, 0.5) is 0 Å². The predicted octanol–water partition coefficient (Wildman–Crippen LogP) is 3.17. The van der Waals surface area contributed by atoms with E-state index in [2.05, 4.69) is 0 Å². The number of benzene rings is 1. The Morgan fingerprint density at radius 2 is 2.17 bits per heavy atom. The van der Waals surface area contributed by atoms with Gasteiger partial charge in [-0.25, -0.2) is 9.59 Å². The zero-order chi connectivity index (χ0) is 16.0. The molecule has 3 heterocycles. The second kappa shape index (κ2) is 5.38. The molecule has 0 saturated carbocycles. The van der Waals surface area contributed by atoms with Crippen molar-refractivity contribution in [2.75, 3.05) is 0 Å². The van der Waals surface area contributed by atoms with Gasteiger partial charge in [0.1, 0.15) is 23.3 Å². The molecule has 0 aliphatic carbocycles. The topological polar surface area (TPSA) is 61.8 Å². The average Bonchev–Trinajstić information content (AvgIpc) is 3.11. The SMILES string of the molecule is C[C@H]1C[C@H](OC(=O)c2cc3c(s2)-c2ccccc2OC3)C(=O)O1. The molecule has 0 unspecified atom stereocenters. The molecule has 118 valence electrons. The van der Waals surface area contributed by atoms with Gasteiger partial charge in [-0.2, -0.15) is 0 Å². The fourth-order valence-electron chi connectivity index (χ4n) is 2.80. The van der Waals surface area contributed by atoms with Crippen LogP contribution in [0, 0.1) is 0 Å². The highest BCUT2D eigenvalue weighted by molar-refractivity contribution is 7.17. The van der Waals surface area contributed by atoms with Gasteiger partial charge < -0.3 is 14.2 Å². The Morgan fingerprint density at radius 3 is 2.96 bits per heavy atom. The maximum absolute atomic E-state index is 12.3. The van der Waals surface area contributed by atoms with Crippen molar-refractivity contribution in [1.29, 1.82) is 0 Å². The summed E-state index contributed by atoms with van der Waals surface area (Å²) in [5, 5.41) is 0. The summed E-state index contributed by atoms with van der Waals surface area (Å²) in [7, 11) is 0. The lowest BCUT2D eigenvalue weighted by molar-refractivity contribution is -0.147. The minimum absolute atomic E-state index is 0.211. The quantitative estimate of drug-likeness (QED) is 0.792. The maximum atomic E-state index is 12.3. The summed E-state index contributed by atoms with van der Waals surface area (Å²) in [5.74, 6) is -0.145. The summed E-state index contributed by atoms with van der Waals surface area (Å²) in [4.78, 5) is 25.4. The molecule has 0 amide bonds. The van der Waals surface area contributed by atoms with Crippen LogP contribution in [0.5, 0.6) is 5.75 Å². The second-order valence-corrected chi connectivity index (χ2v) is 6.68. The third-order valence-corrected chi connectivity index (χ3v) is 5.09. The van der Waals surface area contributed by atoms with Gasteiger partial charge in [0.05, 0.1) is 0 Å². The molecule has 0 spiro atoms. The predicted molar refractivity (Wildman–Crippen MR) is 83.5 cm³/mol. The molecular weight excluding hydrogens is 316 g/mol. The zero-order valence-electron chi connectivity index (χ0n) is 12.4. The first-order valence-electron chi connectivity index (χ1n) is 7.38. The Hall–Kier alpha value is -2.34. The number of thiophene rings is 1. The van der Waals surface area contributed by atoms with Crippen molar-refractivity contribution >= 4 is 23.3 Å². The first-order chi connectivity index (χ1) is 11.1. The molecule has 2 aromatic rings. The average molecular weight is 330 g/mol. The van der Waals surface area contributed by atoms with Gasteiger partial charge in [0.25, 0.3) is 0 Å². The van der Waals surface area contributed by atoms with Crippen LogP contribution in [0.15, 0.2) is 30.3 Å². The van der Waals surface area contributed by atoms with E-state index in [1.54, 1.807) is 13.0 Å². The van der Waals surface area contributed by atoms with Gasteiger partial charge >= 0.3 is 11.9 Å². The van der Waals surface area contributed by atoms with E-state index >= 15 is 0 Å². The Labute approximate surface area is 136 Å². The van der Waals surface area contributed by atoms with Crippen LogP contribution in [-0.2, 0) is 20.9 Å². The van der Waals surface area contributed by atoms with Gasteiger partial charge in [-0.1, -0.05) is 12.1 Å². The van der Waals surface area contributed by atoms with Crippen molar-refractivity contribution in [3.05, 3.63) is 40.8 Å². The molecule has 5 nitrogen and oxygen atoms in total. The van der Waals surface area contributed by atoms with Crippen molar-refractivity contribution < 1.29 is 23.8 Å². The van der Waals surface area contributed by atoms with Crippen molar-refractivity contribution in [3.8, 4) is 16.2 Å². The van der Waals surface area contributed by atoms with E-state index in [0.29, 0.717) is 17.9 Å². The summed E-state index contributed by atoms with van der Waals surface area (Å²) in [6.07, 6.45) is -0.612. The van der Waals surface area contributed by atoms with Crippen molar-refractivity contribution in [3.63, 3.8) is 0 Å². The third-order valence-electron chi connectivity index (χ3n) is 3.90. The normalized spacial score (nSPS) is 21.9. The van der Waals surface area contributed by atoms with E-state index in [9.17, 15) is 9.59 Å². The van der Waals surface area contributed by atoms with E-state index in [1.165, 1.54) is 11.3 Å². The van der Waals surface area contributed by atoms with Crippen molar-refractivity contribution in [1.82, 2.24) is 0 Å². The van der Waals surface area contributed by atoms with Crippen LogP contribution < -0.4 is 4.74 Å². The molecule has 0 bridgehead atoms. The monoisotopic (exact) mass is 330 g/mol. The van der Waals surface area contributed by atoms with Crippen LogP contribution in [0.3, 0.4) is 0 Å². The van der Waals surface area contributed by atoms with Crippen LogP contribution >= 0.6 is 11.3 Å². The van der Waals surface area contributed by atoms with Gasteiger partial charge in [0, 0.05) is 22.4 Å². The lowest BCUT2D eigenvalue weighted by atomic mass is 10.1. The molecule has 6 heteroatoms. The Balaban J connectivity index is 1.59. The fourth-order valence-corrected chi connectivity index (χ4v) is 3.88. The number of esters is 2. The lowest BCUT2D eigenvalue weighted by Crippen LogP contribution is -2.22. The van der Waals surface area contributed by atoms with Gasteiger partial charge in [0.2, 0.25) is 6.10 Å². The van der Waals surface area contributed by atoms with Gasteiger partial charge in [-0.15, -0.1) is 11.3 Å². The largest absolute Gasteiger partial charge is 0.488 e. The molecule has 1 aromatic carbocycles. The highest BCUT2D eigenvalue weighted by Crippen LogP contribution is 2.42. The van der Waals surface area contributed by atoms with E-state index in [0.717, 1.165) is 21.8 Å². The van der Waals surface area contributed by atoms with E-state index in [4.69, 9.17) is 14.2 Å². The minimum Gasteiger partial charge on any atom is -0.488 e. The fraction of sp³-hybridized carbons (Fsp3) is 0.294. The molecule has 2 aliphatic rings. The number of carbonyl (C=O) groups excluding carboxylic acids is 2. The minimum atomic E-state index is -0.805. The zero-order valence-corrected chi connectivity index (χ0v) is 13.2. The van der Waals surface area contributed by atoms with Crippen LogP contribution in [0.1, 0.15) is 28.6 Å². The molecule has 1 aromatic heterocycles. The van der Waals surface area contributed by atoms with Gasteiger partial charge in [0.15, 0.2) is 0 Å². The number of fused-ring (bicyclic) bond motifs is 3. The first-order valence-corrected chi connectivity index (χ1v) is 8.20. The molecule has 1 fully saturated rings. The number of ether oxygens (including phenoxy) is 3. The number of cyclic esters (lactones) is 1. The molecule has 2 atom stereocenters. The van der Waals surface area contributed by atoms with Gasteiger partial charge in [-0.05, 0) is 25.1 Å². The highest BCUT2D eigenvalue weighted by Gasteiger charge is 2.36. The summed E-state index contributed by atoms with van der Waals surface area (Å²) in [5.41, 5.74) is 1.94. The van der Waals surface area contributed by atoms with Crippen molar-refractivity contribution in [2.45, 2.75) is 32.2 Å². The van der Waals surface area contributed by atoms with Crippen molar-refractivity contribution in [2.24, 2.45) is 0 Å². The first kappa shape index (κ1) is 14.3. The van der Waals surface area contributed by atoms with E-state index in [1.807, 2.05) is 24.3 Å². The summed E-state index contributed by atoms with van der Waals surface area (Å²) in [6, 6.07) is 9.51. The standard InChI is InChI=1S/C17H14O5S/c1-9-6-13(16(18)21-9)22-17(19)14-7-10-8-20-12-5-3-2-4-11(12)15(10)23-14/h2-5,7,9,13H,6,8H2,1H3/t9-,13-/m0/s1. The van der Waals surface area contributed by atoms with Crippen LogP contribution in [0.2, 0.25) is 0 Å². The maximum Gasteiger partial charge on any atom is 0.349 e. The lowest BCUT2D eigenvalue weighted by Gasteiger charge is -2.16. The Kier molecular flexibility index (Phi) is 3.34. The molecule has 4 rings (SSSR count). The highest BCUT2D eigenvalue weighted by atomic mass is 32.1. The van der Waals surface area contributed by atoms with E-state index in [-0.39, 0.29) is 6.10 Å². The second-order valence-electron chi connectivity index (χ2n) is 5.63. The third kappa shape index (κ3) is 2.49. The number of rotatable bonds is 2. The van der Waals surface area contributed by atoms with E-state index < -0.39 is 18.0 Å². The molecule has 0 radical (unpaired) electrons. The summed E-state index contributed by atoms with van der Waals surface area (Å²) in [6.45, 7) is 2.21. The Bertz CT molecular complexity index is 794. The summed E-state index contributed by atoms with van der Waals surface area (Å²) < 4.78 is 16.0. The smallest absolute Gasteiger partial charge is 0.349 e. The molecule has 1 saturated heterocycles. The molecular formula is C17H14O5S. The molecule has 2 aliphatic heterocycles. The van der Waals surface area contributed by atoms with Gasteiger partial charge in [-0.3, -0.25) is 0 Å². The molecule has 23 heavy (non-hydrogen) atoms. The number of hydrogen-bond acceptors (Lipinski definition) is 6. The number of carbonyl (C=O) groups is 2. The van der Waals surface area contributed by atoms with Crippen LogP contribution in [0.25, 0.3) is 10.4 Å². The molecule has 0 N–H and O–H groups in total. The summed E-state index contributed by atoms with van der Waals surface area (Å²) >= 11 is 1.36.